The second-order valence-electron chi connectivity index (χ2n) is 6.21. The van der Waals surface area contributed by atoms with Gasteiger partial charge in [0, 0.05) is 11.6 Å². The van der Waals surface area contributed by atoms with Gasteiger partial charge in [-0.1, -0.05) is 25.1 Å². The Morgan fingerprint density at radius 2 is 1.95 bits per heavy atom. The fourth-order valence-electron chi connectivity index (χ4n) is 4.13. The average molecular weight is 287 g/mol. The van der Waals surface area contributed by atoms with Crippen molar-refractivity contribution in [1.82, 2.24) is 5.32 Å². The van der Waals surface area contributed by atoms with Crippen LogP contribution < -0.4 is 5.32 Å². The zero-order chi connectivity index (χ0) is 15.0. The number of nitrogens with one attached hydrogen (secondary N) is 1. The number of benzene rings is 1. The lowest BCUT2D eigenvalue weighted by molar-refractivity contribution is -0.144. The summed E-state index contributed by atoms with van der Waals surface area (Å²) >= 11 is 0. The second kappa shape index (κ2) is 5.51. The molecule has 0 saturated heterocycles. The van der Waals surface area contributed by atoms with E-state index >= 15 is 0 Å². The number of fused-ring (bicyclic) bond motifs is 2. The molecule has 1 aromatic carbocycles. The molecule has 1 aromatic rings. The van der Waals surface area contributed by atoms with E-state index in [1.807, 2.05) is 31.2 Å². The van der Waals surface area contributed by atoms with E-state index in [0.29, 0.717) is 11.5 Å². The van der Waals surface area contributed by atoms with E-state index in [-0.39, 0.29) is 17.9 Å². The van der Waals surface area contributed by atoms with Crippen molar-refractivity contribution in [2.45, 2.75) is 38.6 Å². The van der Waals surface area contributed by atoms with E-state index in [2.05, 4.69) is 5.32 Å². The van der Waals surface area contributed by atoms with Gasteiger partial charge in [0.2, 0.25) is 0 Å². The molecule has 21 heavy (non-hydrogen) atoms. The third-order valence-corrected chi connectivity index (χ3v) is 5.14. The second-order valence-corrected chi connectivity index (χ2v) is 6.21. The van der Waals surface area contributed by atoms with Gasteiger partial charge in [0.15, 0.2) is 0 Å². The molecule has 4 nitrogen and oxygen atoms in total. The Kier molecular flexibility index (Phi) is 3.70. The van der Waals surface area contributed by atoms with Gasteiger partial charge in [0.05, 0.1) is 5.92 Å². The summed E-state index contributed by atoms with van der Waals surface area (Å²) in [6.45, 7) is 2.02. The van der Waals surface area contributed by atoms with Gasteiger partial charge in [0.25, 0.3) is 5.91 Å². The molecule has 2 saturated carbocycles. The van der Waals surface area contributed by atoms with Crippen LogP contribution in [0.1, 0.15) is 42.1 Å². The highest BCUT2D eigenvalue weighted by Crippen LogP contribution is 2.48. The summed E-state index contributed by atoms with van der Waals surface area (Å²) in [5.41, 5.74) is 1.68. The van der Waals surface area contributed by atoms with E-state index in [0.717, 1.165) is 31.2 Å². The molecule has 2 N–H and O–H groups in total. The topological polar surface area (TPSA) is 66.4 Å². The molecule has 4 heteroatoms. The maximum atomic E-state index is 12.5. The quantitative estimate of drug-likeness (QED) is 0.894. The van der Waals surface area contributed by atoms with Crippen molar-refractivity contribution >= 4 is 11.9 Å². The average Bonchev–Trinajstić information content (AvgIpc) is 3.08. The van der Waals surface area contributed by atoms with Crippen molar-refractivity contribution in [3.63, 3.8) is 0 Å². The summed E-state index contributed by atoms with van der Waals surface area (Å²) in [5.74, 6) is -0.748. The number of carboxylic acid groups (broad SMARTS) is 1. The fraction of sp³-hybridized carbons (Fsp3) is 0.529. The molecule has 0 aromatic heterocycles. The summed E-state index contributed by atoms with van der Waals surface area (Å²) in [6, 6.07) is 7.33. The first-order valence-electron chi connectivity index (χ1n) is 7.73. The van der Waals surface area contributed by atoms with E-state index in [1.165, 1.54) is 0 Å². The van der Waals surface area contributed by atoms with Crippen LogP contribution in [0.2, 0.25) is 0 Å². The number of carboxylic acids is 1. The van der Waals surface area contributed by atoms with E-state index < -0.39 is 11.9 Å². The Morgan fingerprint density at radius 3 is 2.67 bits per heavy atom. The number of aliphatic carboxylic acids is 1. The maximum absolute atomic E-state index is 12.5. The van der Waals surface area contributed by atoms with Crippen LogP contribution in [0.15, 0.2) is 24.3 Å². The lowest BCUT2D eigenvalue weighted by Gasteiger charge is -2.29. The number of hydrogen-bond acceptors (Lipinski definition) is 2. The first-order valence-corrected chi connectivity index (χ1v) is 7.73. The van der Waals surface area contributed by atoms with Crippen molar-refractivity contribution in [1.29, 1.82) is 0 Å². The van der Waals surface area contributed by atoms with Crippen molar-refractivity contribution in [3.8, 4) is 0 Å². The Bertz CT molecular complexity index is 569. The number of carbonyl (C=O) groups is 2. The first-order chi connectivity index (χ1) is 10.1. The third-order valence-electron chi connectivity index (χ3n) is 5.14. The number of carbonyl (C=O) groups excluding carboxylic acids is 1. The molecule has 0 radical (unpaired) electrons. The monoisotopic (exact) mass is 287 g/mol. The molecule has 0 heterocycles. The van der Waals surface area contributed by atoms with Crippen LogP contribution in [0, 0.1) is 17.8 Å². The van der Waals surface area contributed by atoms with Crippen LogP contribution >= 0.6 is 0 Å². The van der Waals surface area contributed by atoms with Crippen molar-refractivity contribution in [2.24, 2.45) is 17.8 Å². The Labute approximate surface area is 124 Å². The Balaban J connectivity index is 1.79. The SMILES string of the molecule is CCc1ccccc1C(=O)NC1C2CCC(C2)C1C(=O)O. The van der Waals surface area contributed by atoms with Crippen LogP contribution in [0.4, 0.5) is 0 Å². The number of hydrogen-bond donors (Lipinski definition) is 2. The Hall–Kier alpha value is -1.84. The van der Waals surface area contributed by atoms with Gasteiger partial charge in [-0.3, -0.25) is 9.59 Å². The number of amides is 1. The van der Waals surface area contributed by atoms with Gasteiger partial charge in [0.1, 0.15) is 0 Å². The van der Waals surface area contributed by atoms with Gasteiger partial charge in [-0.15, -0.1) is 0 Å². The van der Waals surface area contributed by atoms with E-state index in [1.54, 1.807) is 0 Å². The van der Waals surface area contributed by atoms with Crippen molar-refractivity contribution in [2.75, 3.05) is 0 Å². The van der Waals surface area contributed by atoms with E-state index in [4.69, 9.17) is 0 Å². The third kappa shape index (κ3) is 2.43. The van der Waals surface area contributed by atoms with Crippen molar-refractivity contribution < 1.29 is 14.7 Å². The minimum atomic E-state index is -0.767. The number of rotatable bonds is 4. The fourth-order valence-corrected chi connectivity index (χ4v) is 4.13. The van der Waals surface area contributed by atoms with Crippen LogP contribution in [-0.2, 0) is 11.2 Å². The predicted molar refractivity (Wildman–Crippen MR) is 79.0 cm³/mol. The van der Waals surface area contributed by atoms with Crippen LogP contribution in [0.3, 0.4) is 0 Å². The standard InChI is InChI=1S/C17H21NO3/c1-2-10-5-3-4-6-13(10)16(19)18-15-12-8-7-11(9-12)14(15)17(20)21/h3-6,11-12,14-15H,2,7-9H2,1H3,(H,18,19)(H,20,21). The highest BCUT2D eigenvalue weighted by molar-refractivity contribution is 5.96. The van der Waals surface area contributed by atoms with Crippen LogP contribution in [0.5, 0.6) is 0 Å². The highest BCUT2D eigenvalue weighted by atomic mass is 16.4. The molecule has 4 atom stereocenters. The molecule has 2 fully saturated rings. The maximum Gasteiger partial charge on any atom is 0.308 e. The zero-order valence-corrected chi connectivity index (χ0v) is 12.2. The highest BCUT2D eigenvalue weighted by Gasteiger charge is 2.51. The normalized spacial score (nSPS) is 30.3. The minimum absolute atomic E-state index is 0.128. The first kappa shape index (κ1) is 14.1. The molecule has 2 aliphatic rings. The van der Waals surface area contributed by atoms with Crippen molar-refractivity contribution in [3.05, 3.63) is 35.4 Å². The largest absolute Gasteiger partial charge is 0.481 e. The minimum Gasteiger partial charge on any atom is -0.481 e. The predicted octanol–water partition coefficient (Wildman–Crippen LogP) is 2.48. The molecule has 2 bridgehead atoms. The molecule has 112 valence electrons. The van der Waals surface area contributed by atoms with Gasteiger partial charge < -0.3 is 10.4 Å². The molecule has 2 aliphatic carbocycles. The molecule has 1 amide bonds. The molecule has 0 spiro atoms. The van der Waals surface area contributed by atoms with Gasteiger partial charge >= 0.3 is 5.97 Å². The van der Waals surface area contributed by atoms with Gasteiger partial charge in [-0.25, -0.2) is 0 Å². The lowest BCUT2D eigenvalue weighted by atomic mass is 9.84. The van der Waals surface area contributed by atoms with Gasteiger partial charge in [-0.2, -0.15) is 0 Å². The number of aryl methyl sites for hydroxylation is 1. The summed E-state index contributed by atoms with van der Waals surface area (Å²) < 4.78 is 0. The van der Waals surface area contributed by atoms with E-state index in [9.17, 15) is 14.7 Å². The Morgan fingerprint density at radius 1 is 1.24 bits per heavy atom. The summed E-state index contributed by atoms with van der Waals surface area (Å²) in [4.78, 5) is 24.0. The smallest absolute Gasteiger partial charge is 0.308 e. The summed E-state index contributed by atoms with van der Waals surface area (Å²) in [5, 5.41) is 12.5. The molecular weight excluding hydrogens is 266 g/mol. The van der Waals surface area contributed by atoms with Crippen LogP contribution in [0.25, 0.3) is 0 Å². The van der Waals surface area contributed by atoms with Crippen LogP contribution in [-0.4, -0.2) is 23.0 Å². The molecule has 4 unspecified atom stereocenters. The molecular formula is C17H21NO3. The zero-order valence-electron chi connectivity index (χ0n) is 12.2. The lowest BCUT2D eigenvalue weighted by Crippen LogP contribution is -2.47. The van der Waals surface area contributed by atoms with Gasteiger partial charge in [-0.05, 0) is 49.1 Å². The summed E-state index contributed by atoms with van der Waals surface area (Å²) in [7, 11) is 0. The summed E-state index contributed by atoms with van der Waals surface area (Å²) in [6.07, 6.45) is 3.76. The molecule has 0 aliphatic heterocycles. The molecule has 3 rings (SSSR count).